The standard InChI is InChI=1S/C18H13FN2O2/c19-15-10-8-13(9-11-15)12-20-23-18(22)21-17-7-3-5-14-4-1-2-6-16(14)17/h1-12H,(H,21,22)/b20-12+. The van der Waals surface area contributed by atoms with Crippen LogP contribution < -0.4 is 5.32 Å². The molecule has 0 saturated carbocycles. The van der Waals surface area contributed by atoms with Gasteiger partial charge in [-0.3, -0.25) is 10.2 Å². The number of hydrogen-bond acceptors (Lipinski definition) is 3. The van der Waals surface area contributed by atoms with E-state index in [-0.39, 0.29) is 5.82 Å². The zero-order chi connectivity index (χ0) is 16.1. The molecule has 0 bridgehead atoms. The Morgan fingerprint density at radius 3 is 2.57 bits per heavy atom. The number of amides is 1. The fourth-order valence-corrected chi connectivity index (χ4v) is 2.15. The first-order valence-corrected chi connectivity index (χ1v) is 6.97. The molecule has 5 heteroatoms. The van der Waals surface area contributed by atoms with E-state index in [0.29, 0.717) is 11.3 Å². The quantitative estimate of drug-likeness (QED) is 0.438. The van der Waals surface area contributed by atoms with Gasteiger partial charge in [-0.05, 0) is 29.1 Å². The maximum absolute atomic E-state index is 12.8. The molecule has 0 heterocycles. The van der Waals surface area contributed by atoms with Crippen LogP contribution in [0.15, 0.2) is 71.9 Å². The molecular weight excluding hydrogens is 295 g/mol. The zero-order valence-electron chi connectivity index (χ0n) is 12.1. The number of carbonyl (C=O) groups is 1. The number of anilines is 1. The average molecular weight is 308 g/mol. The summed E-state index contributed by atoms with van der Waals surface area (Å²) >= 11 is 0. The summed E-state index contributed by atoms with van der Waals surface area (Å²) in [6, 6.07) is 18.9. The highest BCUT2D eigenvalue weighted by Crippen LogP contribution is 2.22. The van der Waals surface area contributed by atoms with Gasteiger partial charge in [0.2, 0.25) is 0 Å². The van der Waals surface area contributed by atoms with Crippen molar-refractivity contribution in [2.75, 3.05) is 5.32 Å². The Morgan fingerprint density at radius 1 is 1.00 bits per heavy atom. The Hall–Kier alpha value is -3.21. The minimum atomic E-state index is -0.695. The van der Waals surface area contributed by atoms with E-state index in [1.165, 1.54) is 30.5 Å². The van der Waals surface area contributed by atoms with E-state index in [4.69, 9.17) is 4.84 Å². The molecule has 0 fully saturated rings. The fourth-order valence-electron chi connectivity index (χ4n) is 2.15. The third kappa shape index (κ3) is 3.71. The number of nitrogens with zero attached hydrogens (tertiary/aromatic N) is 1. The van der Waals surface area contributed by atoms with E-state index >= 15 is 0 Å². The van der Waals surface area contributed by atoms with Gasteiger partial charge in [0.1, 0.15) is 5.82 Å². The van der Waals surface area contributed by atoms with Crippen molar-refractivity contribution in [2.24, 2.45) is 5.16 Å². The number of carbonyl (C=O) groups excluding carboxylic acids is 1. The normalized spacial score (nSPS) is 10.8. The van der Waals surface area contributed by atoms with Gasteiger partial charge >= 0.3 is 6.09 Å². The number of fused-ring (bicyclic) bond motifs is 1. The maximum Gasteiger partial charge on any atom is 0.437 e. The lowest BCUT2D eigenvalue weighted by Gasteiger charge is -2.06. The minimum absolute atomic E-state index is 0.336. The van der Waals surface area contributed by atoms with Crippen LogP contribution >= 0.6 is 0 Å². The molecular formula is C18H13FN2O2. The van der Waals surface area contributed by atoms with Crippen molar-refractivity contribution in [3.63, 3.8) is 0 Å². The van der Waals surface area contributed by atoms with Crippen LogP contribution in [0.5, 0.6) is 0 Å². The van der Waals surface area contributed by atoms with Crippen LogP contribution in [0.4, 0.5) is 14.9 Å². The molecule has 0 aromatic heterocycles. The molecule has 3 rings (SSSR count). The SMILES string of the molecule is O=C(Nc1cccc2ccccc12)O/N=C/c1ccc(F)cc1. The average Bonchev–Trinajstić information content (AvgIpc) is 2.57. The van der Waals surface area contributed by atoms with E-state index in [2.05, 4.69) is 10.5 Å². The Bertz CT molecular complexity index is 855. The molecule has 0 aliphatic heterocycles. The highest BCUT2D eigenvalue weighted by molar-refractivity contribution is 6.00. The summed E-state index contributed by atoms with van der Waals surface area (Å²) in [6.45, 7) is 0. The van der Waals surface area contributed by atoms with E-state index in [0.717, 1.165) is 10.8 Å². The van der Waals surface area contributed by atoms with Crippen molar-refractivity contribution >= 4 is 28.8 Å². The molecule has 23 heavy (non-hydrogen) atoms. The van der Waals surface area contributed by atoms with E-state index in [1.807, 2.05) is 36.4 Å². The van der Waals surface area contributed by atoms with Gasteiger partial charge in [0, 0.05) is 5.39 Å². The lowest BCUT2D eigenvalue weighted by atomic mass is 10.1. The van der Waals surface area contributed by atoms with Crippen molar-refractivity contribution < 1.29 is 14.0 Å². The van der Waals surface area contributed by atoms with Crippen molar-refractivity contribution in [3.8, 4) is 0 Å². The second kappa shape index (κ2) is 6.70. The van der Waals surface area contributed by atoms with Crippen molar-refractivity contribution in [3.05, 3.63) is 78.1 Å². The predicted molar refractivity (Wildman–Crippen MR) is 88.0 cm³/mol. The monoisotopic (exact) mass is 308 g/mol. The van der Waals surface area contributed by atoms with Gasteiger partial charge in [0.15, 0.2) is 0 Å². The summed E-state index contributed by atoms with van der Waals surface area (Å²) in [7, 11) is 0. The Kier molecular flexibility index (Phi) is 4.29. The first-order chi connectivity index (χ1) is 11.2. The minimum Gasteiger partial charge on any atom is -0.298 e. The van der Waals surface area contributed by atoms with Crippen LogP contribution in [0.1, 0.15) is 5.56 Å². The van der Waals surface area contributed by atoms with E-state index < -0.39 is 6.09 Å². The number of rotatable bonds is 3. The van der Waals surface area contributed by atoms with E-state index in [1.54, 1.807) is 6.07 Å². The van der Waals surface area contributed by atoms with Crippen molar-refractivity contribution in [2.45, 2.75) is 0 Å². The Balaban J connectivity index is 1.66. The summed E-state index contributed by atoms with van der Waals surface area (Å²) in [5, 5.41) is 8.16. The summed E-state index contributed by atoms with van der Waals surface area (Å²) < 4.78 is 12.8. The molecule has 114 valence electrons. The fraction of sp³-hybridized carbons (Fsp3) is 0. The molecule has 3 aromatic rings. The highest BCUT2D eigenvalue weighted by Gasteiger charge is 2.05. The molecule has 0 radical (unpaired) electrons. The van der Waals surface area contributed by atoms with Gasteiger partial charge < -0.3 is 0 Å². The summed E-state index contributed by atoms with van der Waals surface area (Å²) in [5.74, 6) is -0.336. The van der Waals surface area contributed by atoms with Crippen LogP contribution in [0.2, 0.25) is 0 Å². The molecule has 0 atom stereocenters. The van der Waals surface area contributed by atoms with E-state index in [9.17, 15) is 9.18 Å². The largest absolute Gasteiger partial charge is 0.437 e. The predicted octanol–water partition coefficient (Wildman–Crippen LogP) is 4.56. The smallest absolute Gasteiger partial charge is 0.298 e. The lowest BCUT2D eigenvalue weighted by molar-refractivity contribution is 0.167. The molecule has 1 N–H and O–H groups in total. The second-order valence-corrected chi connectivity index (χ2v) is 4.82. The molecule has 3 aromatic carbocycles. The van der Waals surface area contributed by atoms with Gasteiger partial charge in [0.05, 0.1) is 11.9 Å². The highest BCUT2D eigenvalue weighted by atomic mass is 19.1. The molecule has 0 saturated heterocycles. The van der Waals surface area contributed by atoms with Gasteiger partial charge in [-0.25, -0.2) is 9.18 Å². The topological polar surface area (TPSA) is 50.7 Å². The Labute approximate surface area is 132 Å². The first kappa shape index (κ1) is 14.7. The summed E-state index contributed by atoms with van der Waals surface area (Å²) in [6.07, 6.45) is 0.641. The molecule has 0 aliphatic rings. The third-order valence-electron chi connectivity index (χ3n) is 3.23. The summed E-state index contributed by atoms with van der Waals surface area (Å²) in [4.78, 5) is 16.5. The summed E-state index contributed by atoms with van der Waals surface area (Å²) in [5.41, 5.74) is 1.27. The van der Waals surface area contributed by atoms with Crippen molar-refractivity contribution in [1.82, 2.24) is 0 Å². The number of halogens is 1. The van der Waals surface area contributed by atoms with Crippen molar-refractivity contribution in [1.29, 1.82) is 0 Å². The third-order valence-corrected chi connectivity index (χ3v) is 3.23. The van der Waals surface area contributed by atoms with Gasteiger partial charge in [-0.1, -0.05) is 53.7 Å². The molecule has 0 aliphatic carbocycles. The van der Waals surface area contributed by atoms with Gasteiger partial charge in [0.25, 0.3) is 0 Å². The van der Waals surface area contributed by atoms with Crippen LogP contribution in [0, 0.1) is 5.82 Å². The number of nitrogens with one attached hydrogen (secondary N) is 1. The molecule has 0 spiro atoms. The molecule has 4 nitrogen and oxygen atoms in total. The number of benzene rings is 3. The van der Waals surface area contributed by atoms with Crippen LogP contribution in [-0.2, 0) is 4.84 Å². The number of oxime groups is 1. The van der Waals surface area contributed by atoms with Crippen LogP contribution in [0.25, 0.3) is 10.8 Å². The first-order valence-electron chi connectivity index (χ1n) is 6.97. The van der Waals surface area contributed by atoms with Gasteiger partial charge in [-0.2, -0.15) is 0 Å². The Morgan fingerprint density at radius 2 is 1.74 bits per heavy atom. The van der Waals surface area contributed by atoms with Crippen LogP contribution in [0.3, 0.4) is 0 Å². The van der Waals surface area contributed by atoms with Crippen LogP contribution in [-0.4, -0.2) is 12.3 Å². The molecule has 1 amide bonds. The zero-order valence-corrected chi connectivity index (χ0v) is 12.1. The lowest BCUT2D eigenvalue weighted by Crippen LogP contribution is -2.11. The second-order valence-electron chi connectivity index (χ2n) is 4.82. The van der Waals surface area contributed by atoms with Gasteiger partial charge in [-0.15, -0.1) is 0 Å². The maximum atomic E-state index is 12.8. The molecule has 0 unspecified atom stereocenters. The number of hydrogen-bond donors (Lipinski definition) is 1.